The average molecular weight is 328 g/mol. The number of carbonyl (C=O) groups is 1. The molecule has 0 fully saturated rings. The van der Waals surface area contributed by atoms with E-state index >= 15 is 0 Å². The summed E-state index contributed by atoms with van der Waals surface area (Å²) >= 11 is 0. The van der Waals surface area contributed by atoms with E-state index in [1.54, 1.807) is 14.0 Å². The third-order valence-electron chi connectivity index (χ3n) is 3.75. The number of nitrogens with two attached hydrogens (primary N) is 1. The minimum Gasteiger partial charge on any atom is -0.497 e. The lowest BCUT2D eigenvalue weighted by molar-refractivity contribution is -0.119. The van der Waals surface area contributed by atoms with Crippen LogP contribution < -0.4 is 20.5 Å². The normalized spacial score (nSPS) is 11.8. The Morgan fingerprint density at radius 1 is 1.12 bits per heavy atom. The number of methoxy groups -OCH3 is 1. The number of carbonyl (C=O) groups excluding carboxylic acids is 1. The molecule has 0 aromatic heterocycles. The van der Waals surface area contributed by atoms with Crippen LogP contribution in [-0.2, 0) is 17.8 Å². The van der Waals surface area contributed by atoms with Crippen LogP contribution in [0.2, 0.25) is 0 Å². The van der Waals surface area contributed by atoms with E-state index < -0.39 is 0 Å². The summed E-state index contributed by atoms with van der Waals surface area (Å²) in [6, 6.07) is 15.5. The van der Waals surface area contributed by atoms with Crippen LogP contribution in [0.25, 0.3) is 0 Å². The molecule has 0 aliphatic heterocycles. The van der Waals surface area contributed by atoms with E-state index in [-0.39, 0.29) is 11.9 Å². The van der Waals surface area contributed by atoms with Gasteiger partial charge in [0.2, 0.25) is 5.91 Å². The van der Waals surface area contributed by atoms with E-state index in [4.69, 9.17) is 15.2 Å². The van der Waals surface area contributed by atoms with Crippen molar-refractivity contribution in [1.82, 2.24) is 5.32 Å². The monoisotopic (exact) mass is 328 g/mol. The van der Waals surface area contributed by atoms with E-state index in [9.17, 15) is 4.79 Å². The fraction of sp³-hybridized carbons (Fsp3) is 0.316. The molecule has 0 bridgehead atoms. The van der Waals surface area contributed by atoms with Crippen molar-refractivity contribution in [2.45, 2.75) is 26.0 Å². The number of hydrogen-bond acceptors (Lipinski definition) is 4. The van der Waals surface area contributed by atoms with Crippen molar-refractivity contribution in [3.05, 3.63) is 59.7 Å². The molecule has 0 saturated carbocycles. The molecule has 2 aromatic rings. The summed E-state index contributed by atoms with van der Waals surface area (Å²) in [5.74, 6) is 1.31. The van der Waals surface area contributed by atoms with Crippen molar-refractivity contribution in [2.75, 3.05) is 13.7 Å². The zero-order chi connectivity index (χ0) is 17.4. The van der Waals surface area contributed by atoms with Crippen LogP contribution in [0.5, 0.6) is 11.5 Å². The van der Waals surface area contributed by atoms with Gasteiger partial charge in [-0.25, -0.2) is 0 Å². The van der Waals surface area contributed by atoms with Crippen molar-refractivity contribution < 1.29 is 14.3 Å². The Morgan fingerprint density at radius 3 is 2.54 bits per heavy atom. The zero-order valence-corrected chi connectivity index (χ0v) is 14.1. The number of hydrogen-bond donors (Lipinski definition) is 2. The third-order valence-corrected chi connectivity index (χ3v) is 3.75. The molecular formula is C19H24N2O3. The SMILES string of the molecule is COc1cccc(COc2ccc(CCNC(C)C(N)=O)cc2)c1. The molecule has 2 aromatic carbocycles. The zero-order valence-electron chi connectivity index (χ0n) is 14.1. The molecule has 3 N–H and O–H groups in total. The van der Waals surface area contributed by atoms with Crippen LogP contribution in [0.4, 0.5) is 0 Å². The van der Waals surface area contributed by atoms with Gasteiger partial charge in [0, 0.05) is 0 Å². The highest BCUT2D eigenvalue weighted by molar-refractivity contribution is 5.79. The van der Waals surface area contributed by atoms with E-state index in [2.05, 4.69) is 5.32 Å². The molecule has 24 heavy (non-hydrogen) atoms. The summed E-state index contributed by atoms with van der Waals surface area (Å²) in [6.45, 7) is 2.96. The van der Waals surface area contributed by atoms with Gasteiger partial charge in [-0.15, -0.1) is 0 Å². The lowest BCUT2D eigenvalue weighted by Crippen LogP contribution is -2.39. The summed E-state index contributed by atoms with van der Waals surface area (Å²) in [5, 5.41) is 3.08. The van der Waals surface area contributed by atoms with Crippen molar-refractivity contribution in [3.8, 4) is 11.5 Å². The number of rotatable bonds is 9. The Morgan fingerprint density at radius 2 is 1.88 bits per heavy atom. The molecule has 0 spiro atoms. The molecular weight excluding hydrogens is 304 g/mol. The van der Waals surface area contributed by atoms with Gasteiger partial charge in [0.1, 0.15) is 18.1 Å². The number of primary amides is 1. The predicted molar refractivity (Wildman–Crippen MR) is 94.1 cm³/mol. The first-order valence-corrected chi connectivity index (χ1v) is 7.96. The molecule has 5 heteroatoms. The average Bonchev–Trinajstić information content (AvgIpc) is 2.61. The van der Waals surface area contributed by atoms with Gasteiger partial charge in [0.05, 0.1) is 13.2 Å². The Balaban J connectivity index is 1.80. The Bertz CT molecular complexity index is 656. The van der Waals surface area contributed by atoms with Gasteiger partial charge < -0.3 is 20.5 Å². The largest absolute Gasteiger partial charge is 0.497 e. The Hall–Kier alpha value is -2.53. The van der Waals surface area contributed by atoms with Gasteiger partial charge >= 0.3 is 0 Å². The smallest absolute Gasteiger partial charge is 0.234 e. The van der Waals surface area contributed by atoms with Crippen LogP contribution >= 0.6 is 0 Å². The predicted octanol–water partition coefficient (Wildman–Crippen LogP) is 2.28. The van der Waals surface area contributed by atoms with Gasteiger partial charge in [0.25, 0.3) is 0 Å². The topological polar surface area (TPSA) is 73.6 Å². The van der Waals surface area contributed by atoms with E-state index in [0.29, 0.717) is 13.2 Å². The van der Waals surface area contributed by atoms with Gasteiger partial charge in [-0.3, -0.25) is 4.79 Å². The number of ether oxygens (including phenoxy) is 2. The maximum atomic E-state index is 11.0. The number of nitrogens with one attached hydrogen (secondary N) is 1. The van der Waals surface area contributed by atoms with Gasteiger partial charge in [-0.1, -0.05) is 24.3 Å². The summed E-state index contributed by atoms with van der Waals surface area (Å²) in [4.78, 5) is 11.0. The minimum atomic E-state index is -0.337. The maximum absolute atomic E-state index is 11.0. The van der Waals surface area contributed by atoms with Gasteiger partial charge in [0.15, 0.2) is 0 Å². The summed E-state index contributed by atoms with van der Waals surface area (Å²) < 4.78 is 11.0. The standard InChI is InChI=1S/C19H24N2O3/c1-14(19(20)22)21-11-10-15-6-8-17(9-7-15)24-13-16-4-3-5-18(12-16)23-2/h3-9,12,14,21H,10-11,13H2,1-2H3,(H2,20,22). The van der Waals surface area contributed by atoms with Crippen LogP contribution in [0.15, 0.2) is 48.5 Å². The van der Waals surface area contributed by atoms with Crippen molar-refractivity contribution in [3.63, 3.8) is 0 Å². The molecule has 1 amide bonds. The summed E-state index contributed by atoms with van der Waals surface area (Å²) in [7, 11) is 1.65. The fourth-order valence-electron chi connectivity index (χ4n) is 2.21. The van der Waals surface area contributed by atoms with Crippen LogP contribution in [-0.4, -0.2) is 25.6 Å². The first kappa shape index (κ1) is 17.8. The molecule has 5 nitrogen and oxygen atoms in total. The van der Waals surface area contributed by atoms with E-state index in [1.165, 1.54) is 5.56 Å². The van der Waals surface area contributed by atoms with Crippen molar-refractivity contribution in [2.24, 2.45) is 5.73 Å². The highest BCUT2D eigenvalue weighted by Gasteiger charge is 2.06. The molecule has 0 aliphatic rings. The quantitative estimate of drug-likeness (QED) is 0.741. The maximum Gasteiger partial charge on any atom is 0.234 e. The lowest BCUT2D eigenvalue weighted by Gasteiger charge is -2.11. The van der Waals surface area contributed by atoms with E-state index in [0.717, 1.165) is 23.5 Å². The second kappa shape index (κ2) is 8.93. The molecule has 1 atom stereocenters. The van der Waals surface area contributed by atoms with Crippen LogP contribution in [0.1, 0.15) is 18.1 Å². The minimum absolute atomic E-state index is 0.310. The molecule has 2 rings (SSSR count). The molecule has 0 aliphatic carbocycles. The molecule has 0 saturated heterocycles. The Labute approximate surface area is 142 Å². The van der Waals surface area contributed by atoms with E-state index in [1.807, 2.05) is 48.5 Å². The molecule has 0 heterocycles. The first-order valence-electron chi connectivity index (χ1n) is 7.96. The second-order valence-corrected chi connectivity index (χ2v) is 5.61. The first-order chi connectivity index (χ1) is 11.6. The van der Waals surface area contributed by atoms with Gasteiger partial charge in [-0.05, 0) is 55.3 Å². The summed E-state index contributed by atoms with van der Waals surface area (Å²) in [5.41, 5.74) is 7.44. The number of benzene rings is 2. The lowest BCUT2D eigenvalue weighted by atomic mass is 10.1. The Kier molecular flexibility index (Phi) is 6.63. The number of amides is 1. The second-order valence-electron chi connectivity index (χ2n) is 5.61. The van der Waals surface area contributed by atoms with Crippen LogP contribution in [0.3, 0.4) is 0 Å². The van der Waals surface area contributed by atoms with Crippen molar-refractivity contribution >= 4 is 5.91 Å². The van der Waals surface area contributed by atoms with Gasteiger partial charge in [-0.2, -0.15) is 0 Å². The van der Waals surface area contributed by atoms with Crippen LogP contribution in [0, 0.1) is 0 Å². The van der Waals surface area contributed by atoms with Crippen molar-refractivity contribution in [1.29, 1.82) is 0 Å². The summed E-state index contributed by atoms with van der Waals surface area (Å²) in [6.07, 6.45) is 0.827. The highest BCUT2D eigenvalue weighted by Crippen LogP contribution is 2.17. The fourth-order valence-corrected chi connectivity index (χ4v) is 2.21. The highest BCUT2D eigenvalue weighted by atomic mass is 16.5. The molecule has 128 valence electrons. The molecule has 0 radical (unpaired) electrons. The third kappa shape index (κ3) is 5.59. The molecule has 1 unspecified atom stereocenters.